The fourth-order valence-electron chi connectivity index (χ4n) is 4.88. The lowest BCUT2D eigenvalue weighted by Gasteiger charge is -2.34. The Hall–Kier alpha value is -3.30. The van der Waals surface area contributed by atoms with Gasteiger partial charge in [-0.25, -0.2) is 14.4 Å². The lowest BCUT2D eigenvalue weighted by Crippen LogP contribution is -2.39. The second-order valence-electron chi connectivity index (χ2n) is 9.52. The van der Waals surface area contributed by atoms with Crippen molar-refractivity contribution in [2.45, 2.75) is 45.3 Å². The van der Waals surface area contributed by atoms with Crippen LogP contribution in [0.1, 0.15) is 48.2 Å². The molecule has 1 saturated heterocycles. The number of aromatic nitrogens is 5. The van der Waals surface area contributed by atoms with Crippen molar-refractivity contribution in [1.29, 1.82) is 0 Å². The fraction of sp³-hybridized carbons (Fsp3) is 0.385. The number of anilines is 1. The summed E-state index contributed by atoms with van der Waals surface area (Å²) in [5.74, 6) is -0.0367. The van der Waals surface area contributed by atoms with Crippen LogP contribution in [0.4, 0.5) is 10.2 Å². The zero-order chi connectivity index (χ0) is 25.0. The molecule has 2 fully saturated rings. The molecule has 6 rings (SSSR count). The van der Waals surface area contributed by atoms with Crippen molar-refractivity contribution in [3.05, 3.63) is 74.8 Å². The van der Waals surface area contributed by atoms with Crippen molar-refractivity contribution in [2.75, 3.05) is 24.6 Å². The van der Waals surface area contributed by atoms with Gasteiger partial charge in [0, 0.05) is 40.1 Å². The minimum atomic E-state index is -0.533. The molecule has 36 heavy (non-hydrogen) atoms. The Balaban J connectivity index is 1.47. The van der Waals surface area contributed by atoms with Crippen LogP contribution in [0.15, 0.2) is 41.6 Å². The predicted octanol–water partition coefficient (Wildman–Crippen LogP) is 4.67. The summed E-state index contributed by atoms with van der Waals surface area (Å²) in [7, 11) is 0. The zero-order valence-corrected chi connectivity index (χ0v) is 20.9. The number of hydrogen-bond acceptors (Lipinski definition) is 6. The van der Waals surface area contributed by atoms with Gasteiger partial charge in [-0.15, -0.1) is 0 Å². The van der Waals surface area contributed by atoms with Gasteiger partial charge in [-0.3, -0.25) is 13.9 Å². The molecule has 0 spiro atoms. The van der Waals surface area contributed by atoms with Gasteiger partial charge in [0.25, 0.3) is 5.56 Å². The van der Waals surface area contributed by atoms with E-state index in [1.807, 2.05) is 15.8 Å². The highest BCUT2D eigenvalue weighted by atomic mass is 35.5. The quantitative estimate of drug-likeness (QED) is 0.399. The molecule has 0 unspecified atom stereocenters. The number of ether oxygens (including phenoxy) is 1. The standard InChI is InChI=1S/C26H26ClFN6O2/c1-15-16(2)31-23-12-29-25(24(34(23)26(15)35)20-7-6-18(27)10-21(20)28)32-8-9-36-22(14-32)17-11-30-33(13-17)19-4-3-5-19/h6-7,10-13,19,22H,3-5,8-9,14H2,1-2H3/t22-/m1/s1. The van der Waals surface area contributed by atoms with Gasteiger partial charge in [0.15, 0.2) is 11.5 Å². The number of rotatable bonds is 4. The van der Waals surface area contributed by atoms with E-state index in [-0.39, 0.29) is 22.2 Å². The van der Waals surface area contributed by atoms with Crippen LogP contribution in [0.2, 0.25) is 5.02 Å². The van der Waals surface area contributed by atoms with Gasteiger partial charge in [-0.2, -0.15) is 5.10 Å². The van der Waals surface area contributed by atoms with Gasteiger partial charge in [-0.05, 0) is 51.3 Å². The van der Waals surface area contributed by atoms with Crippen LogP contribution in [0, 0.1) is 19.7 Å². The second-order valence-corrected chi connectivity index (χ2v) is 9.96. The molecule has 186 valence electrons. The Kier molecular flexibility index (Phi) is 5.76. The Morgan fingerprint density at radius 3 is 2.78 bits per heavy atom. The van der Waals surface area contributed by atoms with Crippen molar-refractivity contribution < 1.29 is 9.13 Å². The highest BCUT2D eigenvalue weighted by Gasteiger charge is 2.29. The molecule has 4 heterocycles. The minimum absolute atomic E-state index is 0.220. The Morgan fingerprint density at radius 2 is 2.03 bits per heavy atom. The van der Waals surface area contributed by atoms with Crippen LogP contribution in [-0.4, -0.2) is 43.8 Å². The number of halogens is 2. The molecule has 1 aliphatic carbocycles. The third kappa shape index (κ3) is 3.87. The summed E-state index contributed by atoms with van der Waals surface area (Å²) in [6, 6.07) is 4.90. The SMILES string of the molecule is Cc1nc2cnc(N3CCO[C@@H](c4cnn(C5CCC5)c4)C3)c(-c3ccc(Cl)cc3F)n2c(=O)c1C. The van der Waals surface area contributed by atoms with E-state index in [1.54, 1.807) is 32.2 Å². The summed E-state index contributed by atoms with van der Waals surface area (Å²) in [5, 5.41) is 4.83. The number of morpholine rings is 1. The van der Waals surface area contributed by atoms with Crippen molar-refractivity contribution in [1.82, 2.24) is 24.1 Å². The molecule has 3 aromatic heterocycles. The number of aryl methyl sites for hydroxylation is 1. The highest BCUT2D eigenvalue weighted by molar-refractivity contribution is 6.30. The summed E-state index contributed by atoms with van der Waals surface area (Å²) in [5.41, 5.74) is 2.82. The monoisotopic (exact) mass is 508 g/mol. The van der Waals surface area contributed by atoms with E-state index in [2.05, 4.69) is 16.3 Å². The third-order valence-corrected chi connectivity index (χ3v) is 7.55. The number of nitrogens with zero attached hydrogens (tertiary/aromatic N) is 6. The second kappa shape index (κ2) is 8.97. The molecular formula is C26H26ClFN6O2. The summed E-state index contributed by atoms with van der Waals surface area (Å²) in [4.78, 5) is 24.7. The molecule has 0 amide bonds. The maximum absolute atomic E-state index is 15.3. The smallest absolute Gasteiger partial charge is 0.261 e. The normalized spacial score (nSPS) is 18.6. The predicted molar refractivity (Wildman–Crippen MR) is 135 cm³/mol. The van der Waals surface area contributed by atoms with Crippen molar-refractivity contribution in [3.8, 4) is 11.3 Å². The van der Waals surface area contributed by atoms with Gasteiger partial charge < -0.3 is 9.64 Å². The van der Waals surface area contributed by atoms with Crippen molar-refractivity contribution in [2.24, 2.45) is 0 Å². The Labute approximate surface area is 212 Å². The average Bonchev–Trinajstić information content (AvgIpc) is 3.31. The van der Waals surface area contributed by atoms with Crippen LogP contribution in [0.5, 0.6) is 0 Å². The highest BCUT2D eigenvalue weighted by Crippen LogP contribution is 2.36. The molecule has 0 bridgehead atoms. The maximum atomic E-state index is 15.3. The molecule has 1 atom stereocenters. The number of benzene rings is 1. The molecule has 0 radical (unpaired) electrons. The Bertz CT molecular complexity index is 1530. The third-order valence-electron chi connectivity index (χ3n) is 7.31. The summed E-state index contributed by atoms with van der Waals surface area (Å²) < 4.78 is 24.9. The first-order valence-corrected chi connectivity index (χ1v) is 12.5. The molecule has 1 aliphatic heterocycles. The van der Waals surface area contributed by atoms with Gasteiger partial charge >= 0.3 is 0 Å². The molecule has 1 aromatic carbocycles. The van der Waals surface area contributed by atoms with E-state index in [0.29, 0.717) is 54.2 Å². The minimum Gasteiger partial charge on any atom is -0.370 e. The fourth-order valence-corrected chi connectivity index (χ4v) is 5.04. The van der Waals surface area contributed by atoms with E-state index < -0.39 is 5.82 Å². The first kappa shape index (κ1) is 23.1. The first-order valence-electron chi connectivity index (χ1n) is 12.2. The van der Waals surface area contributed by atoms with Gasteiger partial charge in [0.05, 0.1) is 31.6 Å². The van der Waals surface area contributed by atoms with Gasteiger partial charge in [0.2, 0.25) is 0 Å². The summed E-state index contributed by atoms with van der Waals surface area (Å²) in [6.45, 7) is 5.00. The molecule has 0 N–H and O–H groups in total. The van der Waals surface area contributed by atoms with Crippen molar-refractivity contribution in [3.63, 3.8) is 0 Å². The van der Waals surface area contributed by atoms with Gasteiger partial charge in [0.1, 0.15) is 17.6 Å². The van der Waals surface area contributed by atoms with E-state index >= 15 is 4.39 Å². The van der Waals surface area contributed by atoms with E-state index in [0.717, 1.165) is 18.4 Å². The average molecular weight is 509 g/mol. The summed E-state index contributed by atoms with van der Waals surface area (Å²) in [6.07, 6.45) is 8.81. The number of fused-ring (bicyclic) bond motifs is 1. The van der Waals surface area contributed by atoms with E-state index in [4.69, 9.17) is 21.3 Å². The molecule has 1 saturated carbocycles. The molecule has 8 nitrogen and oxygen atoms in total. The van der Waals surface area contributed by atoms with Crippen LogP contribution >= 0.6 is 11.6 Å². The first-order chi connectivity index (χ1) is 17.4. The molecule has 10 heteroatoms. The van der Waals surface area contributed by atoms with E-state index in [1.165, 1.54) is 16.9 Å². The van der Waals surface area contributed by atoms with Crippen molar-refractivity contribution >= 4 is 23.1 Å². The molecule has 4 aromatic rings. The number of hydrogen-bond donors (Lipinski definition) is 0. The maximum Gasteiger partial charge on any atom is 0.261 e. The summed E-state index contributed by atoms with van der Waals surface area (Å²) >= 11 is 6.04. The van der Waals surface area contributed by atoms with Crippen LogP contribution in [0.25, 0.3) is 16.9 Å². The lowest BCUT2D eigenvalue weighted by atomic mass is 9.93. The van der Waals surface area contributed by atoms with Crippen LogP contribution in [0.3, 0.4) is 0 Å². The Morgan fingerprint density at radius 1 is 1.19 bits per heavy atom. The lowest BCUT2D eigenvalue weighted by molar-refractivity contribution is 0.0394. The van der Waals surface area contributed by atoms with Crippen LogP contribution < -0.4 is 10.5 Å². The largest absolute Gasteiger partial charge is 0.370 e. The zero-order valence-electron chi connectivity index (χ0n) is 20.1. The molecule has 2 aliphatic rings. The molecular weight excluding hydrogens is 483 g/mol. The van der Waals surface area contributed by atoms with Crippen LogP contribution in [-0.2, 0) is 4.74 Å². The topological polar surface area (TPSA) is 77.6 Å². The van der Waals surface area contributed by atoms with E-state index in [9.17, 15) is 4.79 Å². The van der Waals surface area contributed by atoms with Gasteiger partial charge in [-0.1, -0.05) is 11.6 Å².